The van der Waals surface area contributed by atoms with E-state index in [9.17, 15) is 0 Å². The van der Waals surface area contributed by atoms with E-state index in [4.69, 9.17) is 11.6 Å². The average Bonchev–Trinajstić information content (AvgIpc) is 2.79. The van der Waals surface area contributed by atoms with E-state index in [1.54, 1.807) is 11.3 Å². The Balaban J connectivity index is 1.90. The normalized spacial score (nSPS) is 14.3. The first kappa shape index (κ1) is 15.0. The highest BCUT2D eigenvalue weighted by molar-refractivity contribution is 9.10. The third kappa shape index (κ3) is 4.60. The molecule has 4 heteroatoms. The lowest BCUT2D eigenvalue weighted by Crippen LogP contribution is -2.30. The third-order valence-electron chi connectivity index (χ3n) is 3.08. The number of rotatable bonds is 5. The van der Waals surface area contributed by atoms with Crippen LogP contribution < -0.4 is 5.32 Å². The molecule has 19 heavy (non-hydrogen) atoms. The number of hydrogen-bond donors (Lipinski definition) is 1. The Morgan fingerprint density at radius 3 is 2.53 bits per heavy atom. The molecule has 2 unspecified atom stereocenters. The van der Waals surface area contributed by atoms with Gasteiger partial charge in [-0.1, -0.05) is 39.7 Å². The van der Waals surface area contributed by atoms with E-state index in [0.717, 1.165) is 15.2 Å². The second-order valence-corrected chi connectivity index (χ2v) is 7.26. The quantitative estimate of drug-likeness (QED) is 0.749. The maximum absolute atomic E-state index is 5.97. The van der Waals surface area contributed by atoms with Crippen LogP contribution in [0.15, 0.2) is 40.2 Å². The van der Waals surface area contributed by atoms with E-state index >= 15 is 0 Å². The fourth-order valence-electron chi connectivity index (χ4n) is 2.11. The highest BCUT2D eigenvalue weighted by atomic mass is 79.9. The number of thiophene rings is 1. The van der Waals surface area contributed by atoms with Gasteiger partial charge in [-0.15, -0.1) is 11.3 Å². The molecular formula is C15H17BrClNS. The summed E-state index contributed by atoms with van der Waals surface area (Å²) in [6.45, 7) is 4.39. The van der Waals surface area contributed by atoms with Crippen LogP contribution in [-0.4, -0.2) is 6.04 Å². The Morgan fingerprint density at radius 2 is 1.95 bits per heavy atom. The zero-order valence-corrected chi connectivity index (χ0v) is 14.1. The minimum absolute atomic E-state index is 0.328. The standard InChI is InChI=1S/C15H17BrClNS/c1-10(7-12-3-5-14(16)6-4-12)18-11(2)13-8-15(17)19-9-13/h3-6,8-11,18H,7H2,1-2H3. The molecule has 1 nitrogen and oxygen atoms in total. The van der Waals surface area contributed by atoms with Crippen LogP contribution >= 0.6 is 38.9 Å². The second kappa shape index (κ2) is 6.89. The van der Waals surface area contributed by atoms with Crippen LogP contribution in [-0.2, 0) is 6.42 Å². The fraction of sp³-hybridized carbons (Fsp3) is 0.333. The predicted molar refractivity (Wildman–Crippen MR) is 88.2 cm³/mol. The third-order valence-corrected chi connectivity index (χ3v) is 4.72. The van der Waals surface area contributed by atoms with Gasteiger partial charge in [0.1, 0.15) is 0 Å². The van der Waals surface area contributed by atoms with E-state index in [-0.39, 0.29) is 0 Å². The molecule has 2 rings (SSSR count). The van der Waals surface area contributed by atoms with Crippen molar-refractivity contribution in [2.75, 3.05) is 0 Å². The molecule has 2 atom stereocenters. The van der Waals surface area contributed by atoms with E-state index < -0.39 is 0 Å². The van der Waals surface area contributed by atoms with E-state index in [0.29, 0.717) is 12.1 Å². The van der Waals surface area contributed by atoms with E-state index in [1.807, 2.05) is 6.07 Å². The van der Waals surface area contributed by atoms with Crippen molar-refractivity contribution in [3.8, 4) is 0 Å². The highest BCUT2D eigenvalue weighted by Gasteiger charge is 2.11. The van der Waals surface area contributed by atoms with E-state index in [2.05, 4.69) is 64.7 Å². The van der Waals surface area contributed by atoms with Gasteiger partial charge in [0.2, 0.25) is 0 Å². The molecule has 0 saturated carbocycles. The summed E-state index contributed by atoms with van der Waals surface area (Å²) in [4.78, 5) is 0. The van der Waals surface area contributed by atoms with Crippen LogP contribution in [0.25, 0.3) is 0 Å². The van der Waals surface area contributed by atoms with Gasteiger partial charge in [-0.25, -0.2) is 0 Å². The largest absolute Gasteiger partial charge is 0.307 e. The first-order chi connectivity index (χ1) is 9.04. The van der Waals surface area contributed by atoms with Crippen molar-refractivity contribution in [2.24, 2.45) is 0 Å². The number of halogens is 2. The van der Waals surface area contributed by atoms with Crippen LogP contribution in [0.2, 0.25) is 4.34 Å². The molecule has 0 bridgehead atoms. The van der Waals surface area contributed by atoms with Crippen molar-refractivity contribution in [2.45, 2.75) is 32.4 Å². The number of hydrogen-bond acceptors (Lipinski definition) is 2. The summed E-state index contributed by atoms with van der Waals surface area (Å²) in [7, 11) is 0. The lowest BCUT2D eigenvalue weighted by atomic mass is 10.1. The maximum Gasteiger partial charge on any atom is 0.0931 e. The maximum atomic E-state index is 5.97. The van der Waals surface area contributed by atoms with Crippen molar-refractivity contribution >= 4 is 38.9 Å². The van der Waals surface area contributed by atoms with Crippen LogP contribution in [0.4, 0.5) is 0 Å². The highest BCUT2D eigenvalue weighted by Crippen LogP contribution is 2.25. The molecule has 1 aromatic carbocycles. The monoisotopic (exact) mass is 357 g/mol. The molecule has 0 saturated heterocycles. The van der Waals surface area contributed by atoms with Crippen molar-refractivity contribution < 1.29 is 0 Å². The lowest BCUT2D eigenvalue weighted by molar-refractivity contribution is 0.478. The van der Waals surface area contributed by atoms with Gasteiger partial charge >= 0.3 is 0 Å². The number of nitrogens with one attached hydrogen (secondary N) is 1. The Morgan fingerprint density at radius 1 is 1.26 bits per heavy atom. The van der Waals surface area contributed by atoms with Gasteiger partial charge in [0, 0.05) is 16.6 Å². The van der Waals surface area contributed by atoms with Gasteiger partial charge in [0.05, 0.1) is 4.34 Å². The summed E-state index contributed by atoms with van der Waals surface area (Å²) in [5.41, 5.74) is 2.61. The molecule has 0 aliphatic heterocycles. The van der Waals surface area contributed by atoms with Crippen molar-refractivity contribution in [3.63, 3.8) is 0 Å². The van der Waals surface area contributed by atoms with Crippen LogP contribution in [0.3, 0.4) is 0 Å². The average molecular weight is 359 g/mol. The first-order valence-corrected chi connectivity index (χ1v) is 8.34. The Kier molecular flexibility index (Phi) is 5.46. The molecular weight excluding hydrogens is 342 g/mol. The van der Waals surface area contributed by atoms with Crippen LogP contribution in [0, 0.1) is 0 Å². The second-order valence-electron chi connectivity index (χ2n) is 4.80. The Hall–Kier alpha value is -0.350. The van der Waals surface area contributed by atoms with Crippen LogP contribution in [0.5, 0.6) is 0 Å². The summed E-state index contributed by atoms with van der Waals surface area (Å²) in [5.74, 6) is 0. The first-order valence-electron chi connectivity index (χ1n) is 6.29. The van der Waals surface area contributed by atoms with Crippen molar-refractivity contribution in [1.29, 1.82) is 0 Å². The zero-order chi connectivity index (χ0) is 13.8. The topological polar surface area (TPSA) is 12.0 Å². The molecule has 0 fully saturated rings. The molecule has 1 aromatic heterocycles. The molecule has 2 aromatic rings. The van der Waals surface area contributed by atoms with Crippen molar-refractivity contribution in [1.82, 2.24) is 5.32 Å². The molecule has 1 N–H and O–H groups in total. The SMILES string of the molecule is CC(Cc1ccc(Br)cc1)NC(C)c1csc(Cl)c1. The summed E-state index contributed by atoms with van der Waals surface area (Å²) < 4.78 is 1.97. The van der Waals surface area contributed by atoms with Gasteiger partial charge in [0.25, 0.3) is 0 Å². The lowest BCUT2D eigenvalue weighted by Gasteiger charge is -2.19. The molecule has 1 heterocycles. The minimum atomic E-state index is 0.328. The summed E-state index contributed by atoms with van der Waals surface area (Å²) >= 11 is 11.0. The molecule has 0 aliphatic rings. The van der Waals surface area contributed by atoms with Crippen molar-refractivity contribution in [3.05, 3.63) is 55.6 Å². The summed E-state index contributed by atoms with van der Waals surface area (Å²) in [5, 5.41) is 5.73. The smallest absolute Gasteiger partial charge is 0.0931 e. The molecule has 0 spiro atoms. The Labute approximate surface area is 132 Å². The van der Waals surface area contributed by atoms with Gasteiger partial charge in [-0.05, 0) is 55.0 Å². The summed E-state index contributed by atoms with van der Waals surface area (Å²) in [6.07, 6.45) is 1.02. The van der Waals surface area contributed by atoms with Gasteiger partial charge < -0.3 is 5.32 Å². The minimum Gasteiger partial charge on any atom is -0.307 e. The molecule has 0 amide bonds. The van der Waals surface area contributed by atoms with Gasteiger partial charge in [-0.3, -0.25) is 0 Å². The zero-order valence-electron chi connectivity index (χ0n) is 11.0. The van der Waals surface area contributed by atoms with Gasteiger partial charge in [-0.2, -0.15) is 0 Å². The van der Waals surface area contributed by atoms with E-state index in [1.165, 1.54) is 11.1 Å². The molecule has 102 valence electrons. The fourth-order valence-corrected chi connectivity index (χ4v) is 3.36. The predicted octanol–water partition coefficient (Wildman–Crippen LogP) is 5.45. The summed E-state index contributed by atoms with van der Waals surface area (Å²) in [6, 6.07) is 11.3. The van der Waals surface area contributed by atoms with Crippen LogP contribution in [0.1, 0.15) is 31.0 Å². The molecule has 0 aliphatic carbocycles. The number of benzene rings is 1. The molecule has 0 radical (unpaired) electrons. The Bertz CT molecular complexity index is 523. The van der Waals surface area contributed by atoms with Gasteiger partial charge in [0.15, 0.2) is 0 Å².